The van der Waals surface area contributed by atoms with Gasteiger partial charge in [-0.15, -0.1) is 0 Å². The molecule has 1 aliphatic carbocycles. The zero-order chi connectivity index (χ0) is 22.6. The number of methoxy groups -OCH3 is 1. The molecule has 2 aliphatic rings. The highest BCUT2D eigenvalue weighted by molar-refractivity contribution is 7.88. The van der Waals surface area contributed by atoms with E-state index in [4.69, 9.17) is 4.74 Å². The number of sulfonamides is 1. The summed E-state index contributed by atoms with van der Waals surface area (Å²) in [6, 6.07) is 7.35. The maximum Gasteiger partial charge on any atom is 0.247 e. The van der Waals surface area contributed by atoms with Gasteiger partial charge in [-0.05, 0) is 37.5 Å². The Labute approximate surface area is 185 Å². The summed E-state index contributed by atoms with van der Waals surface area (Å²) < 4.78 is 30.7. The molecule has 1 aliphatic heterocycles. The van der Waals surface area contributed by atoms with E-state index in [-0.39, 0.29) is 37.5 Å². The number of nitrogens with one attached hydrogen (secondary N) is 1. The van der Waals surface area contributed by atoms with Crippen molar-refractivity contribution in [2.75, 3.05) is 26.5 Å². The van der Waals surface area contributed by atoms with Gasteiger partial charge in [0, 0.05) is 19.1 Å². The van der Waals surface area contributed by atoms with Crippen LogP contribution < -0.4 is 10.1 Å². The average molecular weight is 452 g/mol. The van der Waals surface area contributed by atoms with E-state index in [1.54, 1.807) is 26.2 Å². The van der Waals surface area contributed by atoms with Crippen LogP contribution in [-0.4, -0.2) is 67.5 Å². The van der Waals surface area contributed by atoms with Crippen LogP contribution in [-0.2, 0) is 26.2 Å². The van der Waals surface area contributed by atoms with Gasteiger partial charge in [0.05, 0.1) is 19.9 Å². The topological polar surface area (TPSA) is 96.0 Å². The Bertz CT molecular complexity index is 894. The Morgan fingerprint density at radius 3 is 2.32 bits per heavy atom. The molecule has 0 spiro atoms. The van der Waals surface area contributed by atoms with Crippen molar-refractivity contribution >= 4 is 21.8 Å². The minimum Gasteiger partial charge on any atom is -0.497 e. The Morgan fingerprint density at radius 1 is 1.16 bits per heavy atom. The number of piperazine rings is 1. The lowest BCUT2D eigenvalue weighted by Gasteiger charge is -2.47. The van der Waals surface area contributed by atoms with Crippen LogP contribution in [0, 0.1) is 0 Å². The van der Waals surface area contributed by atoms with Crippen molar-refractivity contribution in [1.29, 1.82) is 0 Å². The van der Waals surface area contributed by atoms with E-state index in [0.717, 1.165) is 54.6 Å². The zero-order valence-corrected chi connectivity index (χ0v) is 19.4. The third-order valence-electron chi connectivity index (χ3n) is 6.34. The van der Waals surface area contributed by atoms with Gasteiger partial charge in [-0.3, -0.25) is 9.59 Å². The summed E-state index contributed by atoms with van der Waals surface area (Å²) in [5, 5.41) is 3.12. The maximum absolute atomic E-state index is 13.5. The molecule has 1 aromatic rings. The first kappa shape index (κ1) is 23.5. The minimum absolute atomic E-state index is 0.0540. The van der Waals surface area contributed by atoms with E-state index in [2.05, 4.69) is 5.32 Å². The molecule has 0 radical (unpaired) electrons. The molecule has 8 nitrogen and oxygen atoms in total. The summed E-state index contributed by atoms with van der Waals surface area (Å²) in [7, 11) is -2.04. The molecule has 31 heavy (non-hydrogen) atoms. The van der Waals surface area contributed by atoms with Crippen molar-refractivity contribution in [1.82, 2.24) is 14.5 Å². The Morgan fingerprint density at radius 2 is 1.77 bits per heavy atom. The standard InChI is InChI=1S/C22H33N3O5S/c1-22(21(27)23-18-8-6-4-5-7-9-18)16-24(31(3,28)29)15-20(26)25(22)14-17-10-12-19(30-2)13-11-17/h10-13,18H,4-9,14-16H2,1-3H3,(H,23,27). The maximum atomic E-state index is 13.5. The van der Waals surface area contributed by atoms with Crippen LogP contribution in [0.1, 0.15) is 51.0 Å². The molecule has 1 N–H and O–H groups in total. The Kier molecular flexibility index (Phi) is 7.26. The second-order valence-corrected chi connectivity index (χ2v) is 10.8. The van der Waals surface area contributed by atoms with Gasteiger partial charge in [0.25, 0.3) is 0 Å². The minimum atomic E-state index is -3.62. The molecule has 0 bridgehead atoms. The van der Waals surface area contributed by atoms with Crippen molar-refractivity contribution in [2.45, 2.75) is 63.6 Å². The predicted octanol–water partition coefficient (Wildman–Crippen LogP) is 1.90. The second-order valence-electron chi connectivity index (χ2n) is 8.79. The van der Waals surface area contributed by atoms with Crippen molar-refractivity contribution in [2.24, 2.45) is 0 Å². The van der Waals surface area contributed by atoms with E-state index in [9.17, 15) is 18.0 Å². The number of carbonyl (C=O) groups excluding carboxylic acids is 2. The fourth-order valence-electron chi connectivity index (χ4n) is 4.37. The van der Waals surface area contributed by atoms with Crippen LogP contribution in [0.5, 0.6) is 5.75 Å². The zero-order valence-electron chi connectivity index (χ0n) is 18.6. The average Bonchev–Trinajstić information content (AvgIpc) is 2.99. The number of rotatable bonds is 6. The first-order valence-electron chi connectivity index (χ1n) is 10.8. The molecule has 9 heteroatoms. The van der Waals surface area contributed by atoms with Gasteiger partial charge in [0.15, 0.2) is 0 Å². The molecular weight excluding hydrogens is 418 g/mol. The predicted molar refractivity (Wildman–Crippen MR) is 118 cm³/mol. The van der Waals surface area contributed by atoms with Crippen LogP contribution >= 0.6 is 0 Å². The lowest BCUT2D eigenvalue weighted by atomic mass is 9.93. The number of hydrogen-bond donors (Lipinski definition) is 1. The molecule has 2 amide bonds. The molecule has 1 heterocycles. The van der Waals surface area contributed by atoms with E-state index in [0.29, 0.717) is 5.75 Å². The summed E-state index contributed by atoms with van der Waals surface area (Å²) in [5.74, 6) is 0.0199. The SMILES string of the molecule is COc1ccc(CN2C(=O)CN(S(C)(=O)=O)CC2(C)C(=O)NC2CCCCCC2)cc1. The lowest BCUT2D eigenvalue weighted by molar-refractivity contribution is -0.154. The summed E-state index contributed by atoms with van der Waals surface area (Å²) in [5.41, 5.74) is -0.458. The Hall–Kier alpha value is -2.13. The van der Waals surface area contributed by atoms with Crippen LogP contribution in [0.4, 0.5) is 0 Å². The van der Waals surface area contributed by atoms with Crippen LogP contribution in [0.3, 0.4) is 0 Å². The molecule has 1 unspecified atom stereocenters. The molecule has 172 valence electrons. The number of nitrogens with zero attached hydrogens (tertiary/aromatic N) is 2. The van der Waals surface area contributed by atoms with Crippen molar-refractivity contribution in [3.63, 3.8) is 0 Å². The monoisotopic (exact) mass is 451 g/mol. The highest BCUT2D eigenvalue weighted by Crippen LogP contribution is 2.28. The number of hydrogen-bond acceptors (Lipinski definition) is 5. The summed E-state index contributed by atoms with van der Waals surface area (Å²) in [4.78, 5) is 28.1. The number of benzene rings is 1. The van der Waals surface area contributed by atoms with Gasteiger partial charge >= 0.3 is 0 Å². The van der Waals surface area contributed by atoms with Crippen LogP contribution in [0.2, 0.25) is 0 Å². The Balaban J connectivity index is 1.87. The number of ether oxygens (including phenoxy) is 1. The van der Waals surface area contributed by atoms with Gasteiger partial charge < -0.3 is 15.0 Å². The lowest BCUT2D eigenvalue weighted by Crippen LogP contribution is -2.69. The molecule has 1 saturated heterocycles. The fourth-order valence-corrected chi connectivity index (χ4v) is 5.20. The highest BCUT2D eigenvalue weighted by atomic mass is 32.2. The third kappa shape index (κ3) is 5.57. The third-order valence-corrected chi connectivity index (χ3v) is 7.54. The molecule has 0 aromatic heterocycles. The molecule has 1 aromatic carbocycles. The molecular formula is C22H33N3O5S. The highest BCUT2D eigenvalue weighted by Gasteiger charge is 2.49. The molecule has 1 atom stereocenters. The van der Waals surface area contributed by atoms with E-state index in [1.165, 1.54) is 4.90 Å². The van der Waals surface area contributed by atoms with Gasteiger partial charge in [0.2, 0.25) is 21.8 Å². The van der Waals surface area contributed by atoms with Gasteiger partial charge in [0.1, 0.15) is 11.3 Å². The van der Waals surface area contributed by atoms with Crippen LogP contribution in [0.15, 0.2) is 24.3 Å². The van der Waals surface area contributed by atoms with E-state index in [1.807, 2.05) is 12.1 Å². The second kappa shape index (κ2) is 9.56. The van der Waals surface area contributed by atoms with Gasteiger partial charge in [-0.25, -0.2) is 8.42 Å². The van der Waals surface area contributed by atoms with Gasteiger partial charge in [-0.2, -0.15) is 4.31 Å². The van der Waals surface area contributed by atoms with Gasteiger partial charge in [-0.1, -0.05) is 37.8 Å². The number of amides is 2. The first-order valence-corrected chi connectivity index (χ1v) is 12.7. The van der Waals surface area contributed by atoms with E-state index >= 15 is 0 Å². The largest absolute Gasteiger partial charge is 0.497 e. The smallest absolute Gasteiger partial charge is 0.247 e. The molecule has 2 fully saturated rings. The summed E-state index contributed by atoms with van der Waals surface area (Å²) >= 11 is 0. The quantitative estimate of drug-likeness (QED) is 0.667. The van der Waals surface area contributed by atoms with Crippen LogP contribution in [0.25, 0.3) is 0 Å². The van der Waals surface area contributed by atoms with Crippen molar-refractivity contribution in [3.8, 4) is 5.75 Å². The fraction of sp³-hybridized carbons (Fsp3) is 0.636. The van der Waals surface area contributed by atoms with Crippen molar-refractivity contribution in [3.05, 3.63) is 29.8 Å². The molecule has 3 rings (SSSR count). The summed E-state index contributed by atoms with van der Waals surface area (Å²) in [6.45, 7) is 1.56. The summed E-state index contributed by atoms with van der Waals surface area (Å²) in [6.07, 6.45) is 7.33. The first-order chi connectivity index (χ1) is 14.6. The van der Waals surface area contributed by atoms with Crippen molar-refractivity contribution < 1.29 is 22.7 Å². The normalized spacial score (nSPS) is 24.0. The van der Waals surface area contributed by atoms with E-state index < -0.39 is 15.6 Å². The number of carbonyl (C=O) groups is 2. The molecule has 1 saturated carbocycles.